The molecule has 0 amide bonds. The van der Waals surface area contributed by atoms with Crippen LogP contribution in [0.1, 0.15) is 24.0 Å². The van der Waals surface area contributed by atoms with Crippen molar-refractivity contribution in [3.8, 4) is 0 Å². The van der Waals surface area contributed by atoms with E-state index in [4.69, 9.17) is 5.73 Å². The molecule has 15 heavy (non-hydrogen) atoms. The molecule has 2 heteroatoms. The van der Waals surface area contributed by atoms with Gasteiger partial charge in [0, 0.05) is 18.3 Å². The Kier molecular flexibility index (Phi) is 2.96. The smallest absolute Gasteiger partial charge is 0.0372 e. The van der Waals surface area contributed by atoms with Gasteiger partial charge in [0.2, 0.25) is 0 Å². The lowest BCUT2D eigenvalue weighted by molar-refractivity contribution is 0.280. The zero-order valence-electron chi connectivity index (χ0n) is 9.59. The predicted octanol–water partition coefficient (Wildman–Crippen LogP) is 2.45. The number of rotatable bonds is 3. The van der Waals surface area contributed by atoms with Crippen LogP contribution in [-0.4, -0.2) is 12.6 Å². The number of anilines is 1. The lowest BCUT2D eigenvalue weighted by atomic mass is 9.81. The van der Waals surface area contributed by atoms with E-state index in [0.29, 0.717) is 6.04 Å². The van der Waals surface area contributed by atoms with Gasteiger partial charge in [0.25, 0.3) is 0 Å². The van der Waals surface area contributed by atoms with E-state index in [2.05, 4.69) is 37.4 Å². The molecular formula is C13H20N2. The van der Waals surface area contributed by atoms with Gasteiger partial charge in [-0.1, -0.05) is 12.1 Å². The molecule has 0 unspecified atom stereocenters. The Morgan fingerprint density at radius 3 is 2.73 bits per heavy atom. The summed E-state index contributed by atoms with van der Waals surface area (Å²) in [5.41, 5.74) is 9.67. The minimum absolute atomic E-state index is 0.454. The number of hydrogen-bond donors (Lipinski definition) is 2. The number of aryl methyl sites for hydroxylation is 2. The maximum atomic E-state index is 5.76. The monoisotopic (exact) mass is 204 g/mol. The fraction of sp³-hybridized carbons (Fsp3) is 0.538. The molecule has 2 nitrogen and oxygen atoms in total. The summed E-state index contributed by atoms with van der Waals surface area (Å²) in [7, 11) is 0. The van der Waals surface area contributed by atoms with Crippen LogP contribution in [0.15, 0.2) is 18.2 Å². The van der Waals surface area contributed by atoms with E-state index in [1.807, 2.05) is 0 Å². The summed E-state index contributed by atoms with van der Waals surface area (Å²) >= 11 is 0. The highest BCUT2D eigenvalue weighted by atomic mass is 14.9. The maximum Gasteiger partial charge on any atom is 0.0372 e. The van der Waals surface area contributed by atoms with Crippen LogP contribution in [0.25, 0.3) is 0 Å². The molecule has 0 spiro atoms. The van der Waals surface area contributed by atoms with E-state index in [0.717, 1.165) is 12.5 Å². The van der Waals surface area contributed by atoms with Crippen LogP contribution in [0.5, 0.6) is 0 Å². The standard InChI is InChI=1S/C13H20N2/c1-9-3-4-10(2)13(5-9)15-8-11-6-12(14)7-11/h3-5,11-12,15H,6-8,14H2,1-2H3. The SMILES string of the molecule is Cc1ccc(C)c(NCC2CC(N)C2)c1. The van der Waals surface area contributed by atoms with E-state index >= 15 is 0 Å². The van der Waals surface area contributed by atoms with Gasteiger partial charge in [-0.3, -0.25) is 0 Å². The van der Waals surface area contributed by atoms with Gasteiger partial charge in [0.15, 0.2) is 0 Å². The van der Waals surface area contributed by atoms with Crippen molar-refractivity contribution in [1.29, 1.82) is 0 Å². The van der Waals surface area contributed by atoms with Crippen LogP contribution < -0.4 is 11.1 Å². The summed E-state index contributed by atoms with van der Waals surface area (Å²) in [5.74, 6) is 0.778. The third-order valence-corrected chi connectivity index (χ3v) is 3.25. The number of nitrogens with one attached hydrogen (secondary N) is 1. The van der Waals surface area contributed by atoms with Gasteiger partial charge >= 0.3 is 0 Å². The summed E-state index contributed by atoms with van der Waals surface area (Å²) < 4.78 is 0. The Morgan fingerprint density at radius 2 is 2.07 bits per heavy atom. The largest absolute Gasteiger partial charge is 0.385 e. The van der Waals surface area contributed by atoms with Gasteiger partial charge in [0.05, 0.1) is 0 Å². The molecule has 0 radical (unpaired) electrons. The predicted molar refractivity (Wildman–Crippen MR) is 65.1 cm³/mol. The van der Waals surface area contributed by atoms with Crippen molar-refractivity contribution in [3.63, 3.8) is 0 Å². The van der Waals surface area contributed by atoms with Crippen LogP contribution in [-0.2, 0) is 0 Å². The van der Waals surface area contributed by atoms with E-state index in [1.54, 1.807) is 0 Å². The highest BCUT2D eigenvalue weighted by molar-refractivity contribution is 5.52. The zero-order chi connectivity index (χ0) is 10.8. The van der Waals surface area contributed by atoms with E-state index in [1.165, 1.54) is 29.7 Å². The Labute approximate surface area is 91.9 Å². The molecule has 0 bridgehead atoms. The summed E-state index contributed by atoms with van der Waals surface area (Å²) in [6.45, 7) is 5.34. The number of benzene rings is 1. The fourth-order valence-corrected chi connectivity index (χ4v) is 2.13. The first-order chi connectivity index (χ1) is 7.15. The van der Waals surface area contributed by atoms with Crippen molar-refractivity contribution in [2.24, 2.45) is 11.7 Å². The van der Waals surface area contributed by atoms with Gasteiger partial charge in [-0.05, 0) is 49.8 Å². The second-order valence-corrected chi connectivity index (χ2v) is 4.80. The first kappa shape index (κ1) is 10.5. The normalized spacial score (nSPS) is 24.7. The average molecular weight is 204 g/mol. The van der Waals surface area contributed by atoms with Crippen molar-refractivity contribution in [1.82, 2.24) is 0 Å². The molecule has 2 rings (SSSR count). The van der Waals surface area contributed by atoms with Crippen molar-refractivity contribution in [2.45, 2.75) is 32.7 Å². The molecule has 0 aliphatic heterocycles. The molecule has 0 saturated heterocycles. The lowest BCUT2D eigenvalue weighted by Crippen LogP contribution is -2.39. The summed E-state index contributed by atoms with van der Waals surface area (Å²) in [6, 6.07) is 6.99. The molecule has 0 atom stereocenters. The molecule has 3 N–H and O–H groups in total. The summed E-state index contributed by atoms with van der Waals surface area (Å²) in [6.07, 6.45) is 2.36. The molecule has 1 aromatic carbocycles. The number of nitrogens with two attached hydrogens (primary N) is 1. The Hall–Kier alpha value is -1.02. The molecule has 1 aliphatic rings. The van der Waals surface area contributed by atoms with E-state index in [-0.39, 0.29) is 0 Å². The van der Waals surface area contributed by atoms with Crippen molar-refractivity contribution in [2.75, 3.05) is 11.9 Å². The zero-order valence-corrected chi connectivity index (χ0v) is 9.59. The van der Waals surface area contributed by atoms with Crippen LogP contribution in [0, 0.1) is 19.8 Å². The molecule has 0 aromatic heterocycles. The van der Waals surface area contributed by atoms with Crippen molar-refractivity contribution < 1.29 is 0 Å². The topological polar surface area (TPSA) is 38.0 Å². The third-order valence-electron chi connectivity index (χ3n) is 3.25. The van der Waals surface area contributed by atoms with Crippen LogP contribution in [0.2, 0.25) is 0 Å². The minimum Gasteiger partial charge on any atom is -0.385 e. The lowest BCUT2D eigenvalue weighted by Gasteiger charge is -2.32. The van der Waals surface area contributed by atoms with Crippen LogP contribution in [0.3, 0.4) is 0 Å². The van der Waals surface area contributed by atoms with Crippen molar-refractivity contribution in [3.05, 3.63) is 29.3 Å². The molecular weight excluding hydrogens is 184 g/mol. The first-order valence-electron chi connectivity index (χ1n) is 5.72. The molecule has 1 aromatic rings. The van der Waals surface area contributed by atoms with Gasteiger partial charge in [0.1, 0.15) is 0 Å². The Bertz CT molecular complexity index is 340. The minimum atomic E-state index is 0.454. The molecule has 1 aliphatic carbocycles. The summed E-state index contributed by atoms with van der Waals surface area (Å²) in [4.78, 5) is 0. The number of hydrogen-bond acceptors (Lipinski definition) is 2. The fourth-order valence-electron chi connectivity index (χ4n) is 2.13. The van der Waals surface area contributed by atoms with E-state index in [9.17, 15) is 0 Å². The molecule has 1 saturated carbocycles. The Morgan fingerprint density at radius 1 is 1.33 bits per heavy atom. The average Bonchev–Trinajstić information content (AvgIpc) is 2.16. The highest BCUT2D eigenvalue weighted by Crippen LogP contribution is 2.26. The second-order valence-electron chi connectivity index (χ2n) is 4.80. The summed E-state index contributed by atoms with van der Waals surface area (Å²) in [5, 5.41) is 3.52. The molecule has 1 fully saturated rings. The van der Waals surface area contributed by atoms with Crippen LogP contribution >= 0.6 is 0 Å². The molecule has 0 heterocycles. The highest BCUT2D eigenvalue weighted by Gasteiger charge is 2.25. The third kappa shape index (κ3) is 2.51. The second kappa shape index (κ2) is 4.23. The van der Waals surface area contributed by atoms with Gasteiger partial charge in [-0.2, -0.15) is 0 Å². The van der Waals surface area contributed by atoms with Gasteiger partial charge < -0.3 is 11.1 Å². The maximum absolute atomic E-state index is 5.76. The van der Waals surface area contributed by atoms with Crippen molar-refractivity contribution >= 4 is 5.69 Å². The van der Waals surface area contributed by atoms with Gasteiger partial charge in [-0.25, -0.2) is 0 Å². The van der Waals surface area contributed by atoms with E-state index < -0.39 is 0 Å². The Balaban J connectivity index is 1.90. The van der Waals surface area contributed by atoms with Gasteiger partial charge in [-0.15, -0.1) is 0 Å². The quantitative estimate of drug-likeness (QED) is 0.793. The van der Waals surface area contributed by atoms with Crippen LogP contribution in [0.4, 0.5) is 5.69 Å². The molecule has 82 valence electrons. The first-order valence-corrected chi connectivity index (χ1v) is 5.72.